The van der Waals surface area contributed by atoms with Crippen LogP contribution in [0.3, 0.4) is 0 Å². The van der Waals surface area contributed by atoms with Crippen LogP contribution in [0.4, 0.5) is 0 Å². The normalized spacial score (nSPS) is 11.8. The van der Waals surface area contributed by atoms with Crippen molar-refractivity contribution in [2.24, 2.45) is 0 Å². The topological polar surface area (TPSA) is 18.5 Å². The van der Waals surface area contributed by atoms with E-state index in [0.29, 0.717) is 5.95 Å². The quantitative estimate of drug-likeness (QED) is 0.591. The van der Waals surface area contributed by atoms with Gasteiger partial charge in [0, 0.05) is 5.57 Å². The molecule has 0 N–H and O–H groups in total. The minimum Gasteiger partial charge on any atom is -0.509 e. The highest BCUT2D eigenvalue weighted by molar-refractivity contribution is 6.99. The lowest BCUT2D eigenvalue weighted by Gasteiger charge is -2.43. The summed E-state index contributed by atoms with van der Waals surface area (Å²) in [5, 5.41) is 2.44. The summed E-state index contributed by atoms with van der Waals surface area (Å²) in [6.07, 6.45) is 0. The van der Waals surface area contributed by atoms with Crippen molar-refractivity contribution in [1.82, 2.24) is 0 Å². The van der Waals surface area contributed by atoms with Gasteiger partial charge in [-0.25, -0.2) is 0 Å². The molecule has 0 radical (unpaired) electrons. The second-order valence-corrected chi connectivity index (χ2v) is 11.5. The van der Waals surface area contributed by atoms with E-state index in [9.17, 15) is 0 Å². The lowest BCUT2D eigenvalue weighted by Crippen LogP contribution is -2.66. The number of benzene rings is 2. The van der Waals surface area contributed by atoms with Crippen LogP contribution in [0.25, 0.3) is 0 Å². The number of allylic oxidation sites excluding steroid dienone is 1. The fourth-order valence-corrected chi connectivity index (χ4v) is 7.63. The molecule has 2 aromatic carbocycles. The molecular weight excluding hydrogens is 312 g/mol. The predicted octanol–water partition coefficient (Wildman–Crippen LogP) is 4.46. The van der Waals surface area contributed by atoms with Crippen molar-refractivity contribution in [2.75, 3.05) is 7.11 Å². The molecule has 3 heteroatoms. The van der Waals surface area contributed by atoms with Crippen molar-refractivity contribution in [3.63, 3.8) is 0 Å². The van der Waals surface area contributed by atoms with E-state index in [0.717, 1.165) is 5.57 Å². The van der Waals surface area contributed by atoms with Gasteiger partial charge in [-0.3, -0.25) is 0 Å². The summed E-state index contributed by atoms with van der Waals surface area (Å²) < 4.78 is 12.4. The highest BCUT2D eigenvalue weighted by Gasteiger charge is 2.52. The summed E-state index contributed by atoms with van der Waals surface area (Å²) in [6.45, 7) is 10.8. The molecule has 0 spiro atoms. The summed E-state index contributed by atoms with van der Waals surface area (Å²) in [5.41, 5.74) is 1.05. The zero-order valence-corrected chi connectivity index (χ0v) is 16.6. The molecule has 2 aromatic rings. The number of rotatable bonds is 5. The first-order valence-corrected chi connectivity index (χ1v) is 10.3. The van der Waals surface area contributed by atoms with Crippen LogP contribution in [0.2, 0.25) is 5.04 Å². The lowest BCUT2D eigenvalue weighted by atomic mass is 10.2. The van der Waals surface area contributed by atoms with Gasteiger partial charge in [0.2, 0.25) is 0 Å². The summed E-state index contributed by atoms with van der Waals surface area (Å²) in [6, 6.07) is 21.2. The number of hydrogen-bond acceptors (Lipinski definition) is 2. The third kappa shape index (κ3) is 3.41. The standard InChI is InChI=1S/C21H28O2Si/c1-17(2)20(22-6)23-24(21(3,4)5,18-13-9-7-10-14-18)19-15-11-8-12-16-19/h7-16H,1-6H3. The van der Waals surface area contributed by atoms with Crippen molar-refractivity contribution in [3.05, 3.63) is 72.2 Å². The molecule has 0 unspecified atom stereocenters. The Balaban J connectivity index is 2.78. The molecule has 0 saturated carbocycles. The highest BCUT2D eigenvalue weighted by atomic mass is 28.4. The van der Waals surface area contributed by atoms with E-state index >= 15 is 0 Å². The van der Waals surface area contributed by atoms with Gasteiger partial charge in [0.1, 0.15) is 0 Å². The smallest absolute Gasteiger partial charge is 0.324 e. The minimum atomic E-state index is -2.58. The van der Waals surface area contributed by atoms with Crippen LogP contribution in [0, 0.1) is 0 Å². The average Bonchev–Trinajstić information content (AvgIpc) is 2.56. The SMILES string of the molecule is COC(O[Si](c1ccccc1)(c1ccccc1)C(C)(C)C)=C(C)C. The van der Waals surface area contributed by atoms with Crippen LogP contribution in [-0.2, 0) is 9.16 Å². The predicted molar refractivity (Wildman–Crippen MR) is 104 cm³/mol. The van der Waals surface area contributed by atoms with E-state index in [2.05, 4.69) is 81.4 Å². The van der Waals surface area contributed by atoms with Crippen molar-refractivity contribution in [3.8, 4) is 0 Å². The first-order valence-electron chi connectivity index (χ1n) is 8.34. The Bertz CT molecular complexity index is 641. The van der Waals surface area contributed by atoms with Crippen LogP contribution >= 0.6 is 0 Å². The third-order valence-electron chi connectivity index (χ3n) is 4.26. The van der Waals surface area contributed by atoms with Crippen LogP contribution in [-0.4, -0.2) is 15.4 Å². The van der Waals surface area contributed by atoms with E-state index in [1.54, 1.807) is 7.11 Å². The second-order valence-electron chi connectivity index (χ2n) is 7.26. The van der Waals surface area contributed by atoms with Crippen LogP contribution < -0.4 is 10.4 Å². The Hall–Kier alpha value is -2.00. The Kier molecular flexibility index (Phi) is 5.55. The first-order chi connectivity index (χ1) is 11.3. The fourth-order valence-electron chi connectivity index (χ4n) is 3.14. The average molecular weight is 341 g/mol. The molecular formula is C21H28O2Si. The van der Waals surface area contributed by atoms with Crippen LogP contribution in [0.15, 0.2) is 72.2 Å². The molecule has 0 bridgehead atoms. The van der Waals surface area contributed by atoms with E-state index in [1.807, 2.05) is 13.8 Å². The number of ether oxygens (including phenoxy) is 1. The minimum absolute atomic E-state index is 0.0606. The maximum Gasteiger partial charge on any atom is 0.324 e. The van der Waals surface area contributed by atoms with Gasteiger partial charge in [0.15, 0.2) is 0 Å². The molecule has 0 saturated heterocycles. The molecule has 2 rings (SSSR count). The van der Waals surface area contributed by atoms with Gasteiger partial charge >= 0.3 is 8.32 Å². The van der Waals surface area contributed by atoms with Gasteiger partial charge in [0.05, 0.1) is 7.11 Å². The zero-order chi connectivity index (χ0) is 17.8. The highest BCUT2D eigenvalue weighted by Crippen LogP contribution is 2.38. The molecule has 2 nitrogen and oxygen atoms in total. The molecule has 0 atom stereocenters. The Morgan fingerprint density at radius 2 is 1.21 bits per heavy atom. The van der Waals surface area contributed by atoms with Gasteiger partial charge in [-0.2, -0.15) is 0 Å². The third-order valence-corrected chi connectivity index (χ3v) is 9.15. The molecule has 0 aliphatic carbocycles. The maximum atomic E-state index is 6.78. The van der Waals surface area contributed by atoms with Gasteiger partial charge in [0.25, 0.3) is 5.95 Å². The molecule has 24 heavy (non-hydrogen) atoms. The van der Waals surface area contributed by atoms with E-state index in [1.165, 1.54) is 10.4 Å². The van der Waals surface area contributed by atoms with Crippen LogP contribution in [0.5, 0.6) is 0 Å². The van der Waals surface area contributed by atoms with E-state index in [4.69, 9.17) is 9.16 Å². The van der Waals surface area contributed by atoms with Crippen molar-refractivity contribution < 1.29 is 9.16 Å². The number of methoxy groups -OCH3 is 1. The van der Waals surface area contributed by atoms with Gasteiger partial charge in [-0.1, -0.05) is 81.4 Å². The maximum absolute atomic E-state index is 6.78. The molecule has 0 heterocycles. The Morgan fingerprint density at radius 3 is 1.50 bits per heavy atom. The van der Waals surface area contributed by atoms with Gasteiger partial charge in [-0.15, -0.1) is 0 Å². The fraction of sp³-hybridized carbons (Fsp3) is 0.333. The summed E-state index contributed by atoms with van der Waals surface area (Å²) in [5.74, 6) is 0.629. The summed E-state index contributed by atoms with van der Waals surface area (Å²) in [7, 11) is -0.898. The lowest BCUT2D eigenvalue weighted by molar-refractivity contribution is 0.139. The summed E-state index contributed by atoms with van der Waals surface area (Å²) in [4.78, 5) is 0. The monoisotopic (exact) mass is 340 g/mol. The van der Waals surface area contributed by atoms with Crippen molar-refractivity contribution >= 4 is 18.7 Å². The Labute approximate surface area is 147 Å². The van der Waals surface area contributed by atoms with E-state index < -0.39 is 8.32 Å². The van der Waals surface area contributed by atoms with Crippen molar-refractivity contribution in [1.29, 1.82) is 0 Å². The van der Waals surface area contributed by atoms with Gasteiger partial charge < -0.3 is 9.16 Å². The first kappa shape index (κ1) is 18.3. The molecule has 128 valence electrons. The number of hydrogen-bond donors (Lipinski definition) is 0. The molecule has 0 aliphatic heterocycles. The van der Waals surface area contributed by atoms with E-state index in [-0.39, 0.29) is 5.04 Å². The zero-order valence-electron chi connectivity index (χ0n) is 15.6. The van der Waals surface area contributed by atoms with Crippen molar-refractivity contribution in [2.45, 2.75) is 39.7 Å². The van der Waals surface area contributed by atoms with Gasteiger partial charge in [-0.05, 0) is 29.3 Å². The molecule has 0 amide bonds. The molecule has 0 aromatic heterocycles. The summed E-state index contributed by atoms with van der Waals surface area (Å²) >= 11 is 0. The molecule has 0 fully saturated rings. The second kappa shape index (κ2) is 7.26. The Morgan fingerprint density at radius 1 is 0.792 bits per heavy atom. The van der Waals surface area contributed by atoms with Crippen LogP contribution in [0.1, 0.15) is 34.6 Å². The largest absolute Gasteiger partial charge is 0.509 e. The molecule has 0 aliphatic rings.